The molecule has 0 aliphatic rings. The fourth-order valence-corrected chi connectivity index (χ4v) is 1.29. The van der Waals surface area contributed by atoms with Gasteiger partial charge in [-0.05, 0) is 26.1 Å². The molecule has 8 heavy (non-hydrogen) atoms. The molecule has 0 unspecified atom stereocenters. The summed E-state index contributed by atoms with van der Waals surface area (Å²) < 4.78 is 5.00. The number of rotatable bonds is 5. The molecule has 0 aromatic heterocycles. The first kappa shape index (κ1) is 8.14. The monoisotopic (exact) mass is 133 g/mol. The van der Waals surface area contributed by atoms with E-state index in [0.717, 1.165) is 6.54 Å². The smallest absolute Gasteiger partial charge is 0.161 e. The molecule has 0 aliphatic carbocycles. The molecular weight excluding hydrogens is 118 g/mol. The van der Waals surface area contributed by atoms with E-state index in [1.165, 1.54) is 12.5 Å². The summed E-state index contributed by atoms with van der Waals surface area (Å²) in [6.45, 7) is 1.14. The maximum Gasteiger partial charge on any atom is 0.161 e. The van der Waals surface area contributed by atoms with Crippen LogP contribution >= 0.6 is 0 Å². The van der Waals surface area contributed by atoms with E-state index in [1.807, 2.05) is 7.05 Å². The van der Waals surface area contributed by atoms with Gasteiger partial charge in [0.2, 0.25) is 0 Å². The predicted octanol–water partition coefficient (Wildman–Crippen LogP) is -0.256. The molecule has 0 bridgehead atoms. The summed E-state index contributed by atoms with van der Waals surface area (Å²) in [7, 11) is 3.64. The van der Waals surface area contributed by atoms with Crippen LogP contribution < -0.4 is 5.32 Å². The first-order valence-electron chi connectivity index (χ1n) is 3.05. The molecule has 3 heteroatoms. The van der Waals surface area contributed by atoms with Gasteiger partial charge in [0.1, 0.15) is 0 Å². The normalized spacial score (nSPS) is 11.2. The SMILES string of the molecule is CNCCC[SiH2]OC. The topological polar surface area (TPSA) is 21.3 Å². The van der Waals surface area contributed by atoms with Crippen LogP contribution in [0.4, 0.5) is 0 Å². The van der Waals surface area contributed by atoms with Gasteiger partial charge in [-0.2, -0.15) is 0 Å². The first-order valence-corrected chi connectivity index (χ1v) is 4.63. The highest BCUT2D eigenvalue weighted by molar-refractivity contribution is 6.26. The molecule has 0 aliphatic heterocycles. The second kappa shape index (κ2) is 7.14. The molecular formula is C5H15NOSi. The fourth-order valence-electron chi connectivity index (χ4n) is 0.548. The molecule has 0 rings (SSSR count). The van der Waals surface area contributed by atoms with E-state index < -0.39 is 0 Å². The molecule has 0 saturated heterocycles. The van der Waals surface area contributed by atoms with Crippen molar-refractivity contribution in [2.75, 3.05) is 20.7 Å². The van der Waals surface area contributed by atoms with Crippen LogP contribution in [0.1, 0.15) is 6.42 Å². The van der Waals surface area contributed by atoms with Crippen LogP contribution in [0.25, 0.3) is 0 Å². The Labute approximate surface area is 53.6 Å². The fraction of sp³-hybridized carbons (Fsp3) is 1.00. The summed E-state index contributed by atoms with van der Waals surface area (Å²) in [5.74, 6) is 0. The third-order valence-corrected chi connectivity index (χ3v) is 2.22. The Morgan fingerprint density at radius 3 is 2.88 bits per heavy atom. The van der Waals surface area contributed by atoms with Crippen molar-refractivity contribution in [1.29, 1.82) is 0 Å². The highest BCUT2D eigenvalue weighted by atomic mass is 28.2. The van der Waals surface area contributed by atoms with E-state index >= 15 is 0 Å². The summed E-state index contributed by atoms with van der Waals surface area (Å²) in [5, 5.41) is 3.09. The molecule has 0 aromatic rings. The van der Waals surface area contributed by atoms with Crippen LogP contribution in [0, 0.1) is 0 Å². The zero-order chi connectivity index (χ0) is 6.24. The van der Waals surface area contributed by atoms with Gasteiger partial charge in [-0.15, -0.1) is 0 Å². The van der Waals surface area contributed by atoms with Gasteiger partial charge in [0.15, 0.2) is 9.76 Å². The van der Waals surface area contributed by atoms with Crippen molar-refractivity contribution >= 4 is 9.76 Å². The average molecular weight is 133 g/mol. The molecule has 1 N–H and O–H groups in total. The van der Waals surface area contributed by atoms with E-state index in [1.54, 1.807) is 7.11 Å². The standard InChI is InChI=1S/C5H15NOSi/c1-6-4-3-5-8-7-2/h6H,3-5,8H2,1-2H3. The van der Waals surface area contributed by atoms with Gasteiger partial charge in [0.25, 0.3) is 0 Å². The van der Waals surface area contributed by atoms with Crippen LogP contribution in [-0.4, -0.2) is 30.5 Å². The lowest BCUT2D eigenvalue weighted by atomic mass is 10.5. The Morgan fingerprint density at radius 1 is 1.62 bits per heavy atom. The lowest BCUT2D eigenvalue weighted by Gasteiger charge is -1.95. The summed E-state index contributed by atoms with van der Waals surface area (Å²) >= 11 is 0. The maximum absolute atomic E-state index is 5.00. The van der Waals surface area contributed by atoms with Gasteiger partial charge in [0, 0.05) is 7.11 Å². The lowest BCUT2D eigenvalue weighted by Crippen LogP contribution is -2.08. The quantitative estimate of drug-likeness (QED) is 0.412. The van der Waals surface area contributed by atoms with Gasteiger partial charge >= 0.3 is 0 Å². The van der Waals surface area contributed by atoms with Gasteiger partial charge in [-0.1, -0.05) is 0 Å². The summed E-state index contributed by atoms with van der Waals surface area (Å²) in [6, 6.07) is 1.30. The van der Waals surface area contributed by atoms with Gasteiger partial charge in [-0.25, -0.2) is 0 Å². The second-order valence-corrected chi connectivity index (χ2v) is 3.50. The largest absolute Gasteiger partial charge is 0.427 e. The minimum Gasteiger partial charge on any atom is -0.427 e. The van der Waals surface area contributed by atoms with E-state index in [9.17, 15) is 0 Å². The molecule has 0 saturated carbocycles. The Balaban J connectivity index is 2.53. The van der Waals surface area contributed by atoms with Crippen molar-refractivity contribution in [2.45, 2.75) is 12.5 Å². The number of hydrogen-bond donors (Lipinski definition) is 1. The predicted molar refractivity (Wildman–Crippen MR) is 38.9 cm³/mol. The first-order chi connectivity index (χ1) is 3.91. The molecule has 0 fully saturated rings. The molecule has 0 spiro atoms. The summed E-state index contributed by atoms with van der Waals surface area (Å²) in [4.78, 5) is 0. The number of nitrogens with one attached hydrogen (secondary N) is 1. The molecule has 0 radical (unpaired) electrons. The lowest BCUT2D eigenvalue weighted by molar-refractivity contribution is 0.439. The van der Waals surface area contributed by atoms with Crippen molar-refractivity contribution in [3.05, 3.63) is 0 Å². The van der Waals surface area contributed by atoms with Crippen LogP contribution in [0.2, 0.25) is 6.04 Å². The second-order valence-electron chi connectivity index (χ2n) is 1.80. The average Bonchev–Trinajstić information content (AvgIpc) is 1.81. The Bertz CT molecular complexity index is 37.4. The molecule has 0 heterocycles. The minimum absolute atomic E-state index is 0.139. The Kier molecular flexibility index (Phi) is 7.26. The van der Waals surface area contributed by atoms with Crippen molar-refractivity contribution in [1.82, 2.24) is 5.32 Å². The zero-order valence-corrected chi connectivity index (χ0v) is 7.15. The van der Waals surface area contributed by atoms with Crippen LogP contribution in [0.5, 0.6) is 0 Å². The van der Waals surface area contributed by atoms with Crippen molar-refractivity contribution < 1.29 is 4.43 Å². The zero-order valence-electron chi connectivity index (χ0n) is 5.74. The van der Waals surface area contributed by atoms with Gasteiger partial charge < -0.3 is 9.74 Å². The van der Waals surface area contributed by atoms with E-state index in [-0.39, 0.29) is 9.76 Å². The molecule has 2 nitrogen and oxygen atoms in total. The van der Waals surface area contributed by atoms with E-state index in [0.29, 0.717) is 0 Å². The molecule has 0 atom stereocenters. The Morgan fingerprint density at radius 2 is 2.38 bits per heavy atom. The van der Waals surface area contributed by atoms with Crippen molar-refractivity contribution in [3.8, 4) is 0 Å². The highest BCUT2D eigenvalue weighted by Gasteiger charge is 1.84. The highest BCUT2D eigenvalue weighted by Crippen LogP contribution is 1.84. The van der Waals surface area contributed by atoms with Crippen LogP contribution in [-0.2, 0) is 4.43 Å². The Hall–Kier alpha value is 0.137. The van der Waals surface area contributed by atoms with E-state index in [4.69, 9.17) is 4.43 Å². The summed E-state index contributed by atoms with van der Waals surface area (Å²) in [6.07, 6.45) is 1.27. The third-order valence-electron chi connectivity index (χ3n) is 1.03. The number of hydrogen-bond acceptors (Lipinski definition) is 2. The molecule has 0 aromatic carbocycles. The molecule has 50 valence electrons. The van der Waals surface area contributed by atoms with E-state index in [2.05, 4.69) is 5.32 Å². The van der Waals surface area contributed by atoms with Gasteiger partial charge in [-0.3, -0.25) is 0 Å². The van der Waals surface area contributed by atoms with Crippen molar-refractivity contribution in [2.24, 2.45) is 0 Å². The molecule has 0 amide bonds. The minimum atomic E-state index is -0.139. The van der Waals surface area contributed by atoms with Crippen molar-refractivity contribution in [3.63, 3.8) is 0 Å². The maximum atomic E-state index is 5.00. The summed E-state index contributed by atoms with van der Waals surface area (Å²) in [5.41, 5.74) is 0. The third kappa shape index (κ3) is 6.14. The van der Waals surface area contributed by atoms with Gasteiger partial charge in [0.05, 0.1) is 0 Å². The van der Waals surface area contributed by atoms with Crippen LogP contribution in [0.15, 0.2) is 0 Å². The van der Waals surface area contributed by atoms with Crippen LogP contribution in [0.3, 0.4) is 0 Å².